The highest BCUT2D eigenvalue weighted by atomic mass is 16.3. The highest BCUT2D eigenvalue weighted by molar-refractivity contribution is 6.14. The van der Waals surface area contributed by atoms with Crippen molar-refractivity contribution < 1.29 is 4.42 Å². The number of rotatable bonds is 7. The number of hydrogen-bond donors (Lipinski definition) is 0. The summed E-state index contributed by atoms with van der Waals surface area (Å²) in [4.78, 5) is 15.4. The van der Waals surface area contributed by atoms with E-state index in [1.54, 1.807) is 0 Å². The zero-order valence-electron chi connectivity index (χ0n) is 33.5. The maximum absolute atomic E-state index is 6.28. The zero-order valence-corrected chi connectivity index (χ0v) is 33.5. The largest absolute Gasteiger partial charge is 0.456 e. The van der Waals surface area contributed by atoms with Crippen LogP contribution < -0.4 is 0 Å². The molecule has 0 unspecified atom stereocenters. The van der Waals surface area contributed by atoms with E-state index in [2.05, 4.69) is 168 Å². The Morgan fingerprint density at radius 1 is 0.306 bits per heavy atom. The number of fused-ring (bicyclic) bond motifs is 6. The molecule has 9 aromatic carbocycles. The molecule has 0 saturated heterocycles. The smallest absolute Gasteiger partial charge is 0.164 e. The van der Waals surface area contributed by atoms with Crippen LogP contribution in [0.25, 0.3) is 117 Å². The molecule has 0 spiro atoms. The lowest BCUT2D eigenvalue weighted by molar-refractivity contribution is 0.669. The molecule has 0 radical (unpaired) electrons. The van der Waals surface area contributed by atoms with Gasteiger partial charge in [0.05, 0.1) is 11.0 Å². The Morgan fingerprint density at radius 3 is 1.48 bits per heavy atom. The van der Waals surface area contributed by atoms with E-state index in [0.717, 1.165) is 88.7 Å². The molecule has 0 bridgehead atoms. The summed E-state index contributed by atoms with van der Waals surface area (Å²) < 4.78 is 8.64. The lowest BCUT2D eigenvalue weighted by Gasteiger charge is -2.13. The Bertz CT molecular complexity index is 3550. The molecule has 5 heteroatoms. The van der Waals surface area contributed by atoms with Gasteiger partial charge in [-0.2, -0.15) is 0 Å². The minimum atomic E-state index is 0.608. The van der Waals surface area contributed by atoms with E-state index in [9.17, 15) is 0 Å². The van der Waals surface area contributed by atoms with E-state index in [1.165, 1.54) is 10.8 Å². The van der Waals surface area contributed by atoms with Crippen LogP contribution in [0.3, 0.4) is 0 Å². The molecule has 12 rings (SSSR count). The number of nitrogens with zero attached hydrogens (tertiary/aromatic N) is 4. The fraction of sp³-hybridized carbons (Fsp3) is 0. The SMILES string of the molecule is c1ccc(-c2cc(-c3ccccc3)cc(-c3nc(-c4ccccc4)nc(-c4ccc(-n5c6ccccc6c6ccc(-c7cccc8oc9ccccc9c78)cc65)cc4)n3)c2)cc1. The van der Waals surface area contributed by atoms with Crippen LogP contribution in [0.2, 0.25) is 0 Å². The normalized spacial score (nSPS) is 11.5. The summed E-state index contributed by atoms with van der Waals surface area (Å²) in [5.74, 6) is 1.84. The van der Waals surface area contributed by atoms with Crippen molar-refractivity contribution in [3.63, 3.8) is 0 Å². The molecule has 5 nitrogen and oxygen atoms in total. The van der Waals surface area contributed by atoms with Crippen molar-refractivity contribution in [3.05, 3.63) is 218 Å². The van der Waals surface area contributed by atoms with E-state index >= 15 is 0 Å². The first-order chi connectivity index (χ1) is 30.7. The summed E-state index contributed by atoms with van der Waals surface area (Å²) in [6, 6.07) is 76.4. The van der Waals surface area contributed by atoms with Crippen LogP contribution >= 0.6 is 0 Å². The van der Waals surface area contributed by atoms with Gasteiger partial charge >= 0.3 is 0 Å². The van der Waals surface area contributed by atoms with Crippen molar-refractivity contribution in [1.82, 2.24) is 19.5 Å². The molecule has 12 aromatic rings. The first-order valence-electron chi connectivity index (χ1n) is 20.8. The molecule has 3 aromatic heterocycles. The molecule has 0 fully saturated rings. The van der Waals surface area contributed by atoms with Gasteiger partial charge in [-0.15, -0.1) is 0 Å². The average Bonchev–Trinajstić information content (AvgIpc) is 3.90. The van der Waals surface area contributed by atoms with Crippen LogP contribution in [0, 0.1) is 0 Å². The highest BCUT2D eigenvalue weighted by Crippen LogP contribution is 2.40. The van der Waals surface area contributed by atoms with Gasteiger partial charge in [0.1, 0.15) is 11.2 Å². The third kappa shape index (κ3) is 6.14. The topological polar surface area (TPSA) is 56.7 Å². The van der Waals surface area contributed by atoms with Crippen molar-refractivity contribution in [1.29, 1.82) is 0 Å². The van der Waals surface area contributed by atoms with Crippen LogP contribution in [0.1, 0.15) is 0 Å². The van der Waals surface area contributed by atoms with Crippen molar-refractivity contribution in [3.8, 4) is 73.2 Å². The maximum atomic E-state index is 6.28. The molecule has 0 N–H and O–H groups in total. The molecule has 290 valence electrons. The van der Waals surface area contributed by atoms with Gasteiger partial charge in [-0.3, -0.25) is 0 Å². The lowest BCUT2D eigenvalue weighted by atomic mass is 9.96. The Balaban J connectivity index is 1.000. The number of hydrogen-bond acceptors (Lipinski definition) is 4. The van der Waals surface area contributed by atoms with Crippen molar-refractivity contribution >= 4 is 43.7 Å². The Labute approximate surface area is 357 Å². The molecular formula is C57H36N4O. The molecule has 0 aliphatic rings. The first kappa shape index (κ1) is 35.5. The van der Waals surface area contributed by atoms with E-state index in [0.29, 0.717) is 17.5 Å². The van der Waals surface area contributed by atoms with Crippen LogP contribution in [0.5, 0.6) is 0 Å². The van der Waals surface area contributed by atoms with Gasteiger partial charge in [-0.05, 0) is 100 Å². The van der Waals surface area contributed by atoms with E-state index < -0.39 is 0 Å². The number of para-hydroxylation sites is 2. The Morgan fingerprint density at radius 2 is 0.806 bits per heavy atom. The second-order valence-corrected chi connectivity index (χ2v) is 15.6. The second-order valence-electron chi connectivity index (χ2n) is 15.6. The number of benzene rings is 9. The summed E-state index contributed by atoms with van der Waals surface area (Å²) in [5.41, 5.74) is 14.6. The molecule has 0 aliphatic carbocycles. The summed E-state index contributed by atoms with van der Waals surface area (Å²) in [6.07, 6.45) is 0. The minimum absolute atomic E-state index is 0.608. The fourth-order valence-corrected chi connectivity index (χ4v) is 8.89. The Hall–Kier alpha value is -8.41. The quantitative estimate of drug-likeness (QED) is 0.161. The molecular weight excluding hydrogens is 757 g/mol. The van der Waals surface area contributed by atoms with Gasteiger partial charge in [0.15, 0.2) is 17.5 Å². The van der Waals surface area contributed by atoms with Crippen molar-refractivity contribution in [2.45, 2.75) is 0 Å². The molecule has 3 heterocycles. The summed E-state index contributed by atoms with van der Waals surface area (Å²) in [5, 5.41) is 4.64. The lowest BCUT2D eigenvalue weighted by Crippen LogP contribution is -2.01. The van der Waals surface area contributed by atoms with Crippen LogP contribution in [0.4, 0.5) is 0 Å². The van der Waals surface area contributed by atoms with Crippen LogP contribution in [-0.2, 0) is 0 Å². The monoisotopic (exact) mass is 792 g/mol. The van der Waals surface area contributed by atoms with Crippen molar-refractivity contribution in [2.75, 3.05) is 0 Å². The summed E-state index contributed by atoms with van der Waals surface area (Å²) in [6.45, 7) is 0. The average molecular weight is 793 g/mol. The van der Waals surface area contributed by atoms with Gasteiger partial charge < -0.3 is 8.98 Å². The molecule has 0 atom stereocenters. The number of aromatic nitrogens is 4. The highest BCUT2D eigenvalue weighted by Gasteiger charge is 2.18. The third-order valence-electron chi connectivity index (χ3n) is 11.8. The molecule has 62 heavy (non-hydrogen) atoms. The standard InChI is InChI=1S/C57H36N4O/c1-4-15-37(16-5-1)42-33-43(38-17-6-2-7-18-38)35-44(34-42)57-59-55(39-19-8-3-9-20-39)58-56(60-57)40-27-30-45(31-28-40)61-50-24-12-10-21-47(50)48-32-29-41(36-51(48)61)46-23-14-26-53-54(46)49-22-11-13-25-52(49)62-53/h1-36H. The minimum Gasteiger partial charge on any atom is -0.456 e. The van der Waals surface area contributed by atoms with Gasteiger partial charge in [0.25, 0.3) is 0 Å². The fourth-order valence-electron chi connectivity index (χ4n) is 8.89. The van der Waals surface area contributed by atoms with E-state index in [4.69, 9.17) is 19.4 Å². The second kappa shape index (κ2) is 14.7. The van der Waals surface area contributed by atoms with Crippen molar-refractivity contribution in [2.24, 2.45) is 0 Å². The first-order valence-corrected chi connectivity index (χ1v) is 20.8. The van der Waals surface area contributed by atoms with Crippen LogP contribution in [-0.4, -0.2) is 19.5 Å². The molecule has 0 aliphatic heterocycles. The maximum Gasteiger partial charge on any atom is 0.164 e. The predicted octanol–water partition coefficient (Wildman–Crippen LogP) is 14.9. The third-order valence-corrected chi connectivity index (χ3v) is 11.8. The van der Waals surface area contributed by atoms with E-state index in [1.807, 2.05) is 54.6 Å². The Kier molecular flexibility index (Phi) is 8.42. The van der Waals surface area contributed by atoms with Gasteiger partial charge in [-0.1, -0.05) is 152 Å². The molecule has 0 amide bonds. The predicted molar refractivity (Wildman–Crippen MR) is 254 cm³/mol. The summed E-state index contributed by atoms with van der Waals surface area (Å²) >= 11 is 0. The summed E-state index contributed by atoms with van der Waals surface area (Å²) in [7, 11) is 0. The zero-order chi connectivity index (χ0) is 41.0. The van der Waals surface area contributed by atoms with Crippen LogP contribution in [0.15, 0.2) is 223 Å². The molecule has 0 saturated carbocycles. The van der Waals surface area contributed by atoms with Gasteiger partial charge in [0, 0.05) is 43.9 Å². The van der Waals surface area contributed by atoms with Gasteiger partial charge in [-0.25, -0.2) is 15.0 Å². The number of furan rings is 1. The van der Waals surface area contributed by atoms with Gasteiger partial charge in [0.2, 0.25) is 0 Å². The van der Waals surface area contributed by atoms with E-state index in [-0.39, 0.29) is 0 Å².